The van der Waals surface area contributed by atoms with Crippen molar-refractivity contribution in [2.75, 3.05) is 0 Å². The molecule has 0 N–H and O–H groups in total. The first-order valence-electron chi connectivity index (χ1n) is 2.17. The molecule has 0 unspecified atom stereocenters. The average molecular weight is 196 g/mol. The summed E-state index contributed by atoms with van der Waals surface area (Å²) in [6, 6.07) is 4.75. The molecule has 44 valence electrons. The van der Waals surface area contributed by atoms with Gasteiger partial charge in [0.25, 0.3) is 0 Å². The number of rotatable bonds is 0. The normalized spacial score (nSPS) is 6.78. The smallest absolute Gasteiger partial charge is 1.00 e. The fraction of sp³-hybridized carbons (Fsp3) is 0.167. The van der Waals surface area contributed by atoms with Crippen molar-refractivity contribution in [1.82, 2.24) is 4.98 Å². The molecule has 0 spiro atoms. The first kappa shape index (κ1) is 12.1. The summed E-state index contributed by atoms with van der Waals surface area (Å²) in [6.07, 6.45) is 3.45. The molecule has 0 aliphatic rings. The molecule has 1 aromatic heterocycles. The summed E-state index contributed by atoms with van der Waals surface area (Å²) < 4.78 is 0. The van der Waals surface area contributed by atoms with Crippen LogP contribution < -0.4 is 17.0 Å². The summed E-state index contributed by atoms with van der Waals surface area (Å²) in [5, 5.41) is 0. The van der Waals surface area contributed by atoms with E-state index in [0.29, 0.717) is 0 Å². The average Bonchev–Trinajstić information content (AvgIpc) is 1.69. The van der Waals surface area contributed by atoms with Crippen LogP contribution >= 0.6 is 0 Å². The van der Waals surface area contributed by atoms with Gasteiger partial charge in [-0.25, -0.2) is 12.1 Å². The molecule has 0 radical (unpaired) electrons. The van der Waals surface area contributed by atoms with Crippen LogP contribution in [0.15, 0.2) is 18.5 Å². The maximum atomic E-state index is 3.83. The number of halogens is 1. The second-order valence-corrected chi connectivity index (χ2v) is 1.46. The first-order valence-corrected chi connectivity index (χ1v) is 2.17. The van der Waals surface area contributed by atoms with Crippen LogP contribution in [0.3, 0.4) is 0 Å². The van der Waals surface area contributed by atoms with Crippen LogP contribution in [-0.4, -0.2) is 28.0 Å². The van der Waals surface area contributed by atoms with Gasteiger partial charge in [0, 0.05) is 0 Å². The Kier molecular flexibility index (Phi) is 8.77. The van der Waals surface area contributed by atoms with Crippen molar-refractivity contribution < 1.29 is 17.0 Å². The second-order valence-electron chi connectivity index (χ2n) is 1.46. The van der Waals surface area contributed by atoms with Crippen molar-refractivity contribution in [3.05, 3.63) is 30.1 Å². The first-order chi connectivity index (χ1) is 3.39. The van der Waals surface area contributed by atoms with E-state index >= 15 is 0 Å². The second kappa shape index (κ2) is 6.52. The molecule has 1 heterocycles. The van der Waals surface area contributed by atoms with Gasteiger partial charge >= 0.3 is 23.1 Å². The maximum absolute atomic E-state index is 3.83. The maximum Gasteiger partial charge on any atom is 2.00 e. The van der Waals surface area contributed by atoms with Crippen LogP contribution in [0.4, 0.5) is 0 Å². The van der Waals surface area contributed by atoms with E-state index in [2.05, 4.69) is 11.1 Å². The van der Waals surface area contributed by atoms with E-state index in [0.717, 1.165) is 5.56 Å². The number of aromatic nitrogens is 1. The van der Waals surface area contributed by atoms with Gasteiger partial charge in [-0.1, -0.05) is 12.4 Å². The predicted molar refractivity (Wildman–Crippen MR) is 33.6 cm³/mol. The molecule has 1 aromatic rings. The van der Waals surface area contributed by atoms with E-state index in [4.69, 9.17) is 0 Å². The van der Waals surface area contributed by atoms with Gasteiger partial charge in [-0.05, 0) is 0 Å². The largest absolute Gasteiger partial charge is 2.00 e. The molecule has 0 atom stereocenters. The fourth-order valence-corrected chi connectivity index (χ4v) is 0.404. The van der Waals surface area contributed by atoms with E-state index in [1.165, 1.54) is 0 Å². The molecule has 0 fully saturated rings. The van der Waals surface area contributed by atoms with Crippen LogP contribution in [0.1, 0.15) is 5.56 Å². The van der Waals surface area contributed by atoms with Gasteiger partial charge < -0.3 is 22.0 Å². The number of pyridine rings is 1. The minimum atomic E-state index is 0. The van der Waals surface area contributed by atoms with Gasteiger partial charge in [-0.3, -0.25) is 0 Å². The molecule has 0 amide bonds. The molecule has 1 rings (SSSR count). The van der Waals surface area contributed by atoms with Crippen molar-refractivity contribution >= 4 is 23.1 Å². The van der Waals surface area contributed by atoms with E-state index in [1.54, 1.807) is 12.4 Å². The SMILES string of the molecule is Cc1c[c-]cnc1.[Br-].[Mg+2]. The molecule has 0 aliphatic carbocycles. The summed E-state index contributed by atoms with van der Waals surface area (Å²) in [5.41, 5.74) is 1.16. The minimum Gasteiger partial charge on any atom is -1.00 e. The molecular formula is C6H6BrMgN. The monoisotopic (exact) mass is 195 g/mol. The van der Waals surface area contributed by atoms with Gasteiger partial charge in [-0.15, -0.1) is 6.92 Å². The molecule has 0 saturated heterocycles. The molecule has 0 bridgehead atoms. The van der Waals surface area contributed by atoms with Crippen molar-refractivity contribution in [1.29, 1.82) is 0 Å². The van der Waals surface area contributed by atoms with E-state index in [9.17, 15) is 0 Å². The van der Waals surface area contributed by atoms with Crippen LogP contribution in [0.2, 0.25) is 0 Å². The van der Waals surface area contributed by atoms with Gasteiger partial charge in [-0.2, -0.15) is 5.56 Å². The molecule has 0 aliphatic heterocycles. The zero-order valence-corrected chi connectivity index (χ0v) is 8.26. The Morgan fingerprint density at radius 1 is 1.56 bits per heavy atom. The topological polar surface area (TPSA) is 12.9 Å². The third-order valence-electron chi connectivity index (χ3n) is 0.738. The Morgan fingerprint density at radius 3 is 2.44 bits per heavy atom. The molecule has 1 nitrogen and oxygen atoms in total. The number of hydrogen-bond acceptors (Lipinski definition) is 1. The summed E-state index contributed by atoms with van der Waals surface area (Å²) >= 11 is 0. The van der Waals surface area contributed by atoms with Crippen LogP contribution in [-0.2, 0) is 0 Å². The number of nitrogens with zero attached hydrogens (tertiary/aromatic N) is 1. The van der Waals surface area contributed by atoms with Gasteiger partial charge in [0.1, 0.15) is 0 Å². The standard InChI is InChI=1S/C6H6N.BrH.Mg/c1-6-3-2-4-7-5-6;;/h3-5H,1H3;1H;/q-1;;+2/p-1. The van der Waals surface area contributed by atoms with Gasteiger partial charge in [0.15, 0.2) is 0 Å². The fourth-order valence-electron chi connectivity index (χ4n) is 0.404. The Balaban J connectivity index is 0. The van der Waals surface area contributed by atoms with Gasteiger partial charge in [0.2, 0.25) is 0 Å². The van der Waals surface area contributed by atoms with Crippen LogP contribution in [0, 0.1) is 13.0 Å². The van der Waals surface area contributed by atoms with Crippen molar-refractivity contribution in [2.24, 2.45) is 0 Å². The number of aryl methyl sites for hydroxylation is 1. The quantitative estimate of drug-likeness (QED) is 0.339. The third-order valence-corrected chi connectivity index (χ3v) is 0.738. The number of hydrogen-bond donors (Lipinski definition) is 0. The van der Waals surface area contributed by atoms with Crippen molar-refractivity contribution in [3.63, 3.8) is 0 Å². The minimum absolute atomic E-state index is 0. The summed E-state index contributed by atoms with van der Waals surface area (Å²) in [5.74, 6) is 0. The van der Waals surface area contributed by atoms with Gasteiger partial charge in [0.05, 0.1) is 0 Å². The summed E-state index contributed by atoms with van der Waals surface area (Å²) in [7, 11) is 0. The summed E-state index contributed by atoms with van der Waals surface area (Å²) in [4.78, 5) is 3.83. The predicted octanol–water partition coefficient (Wildman–Crippen LogP) is -2.19. The zero-order valence-electron chi connectivity index (χ0n) is 5.26. The Morgan fingerprint density at radius 2 is 2.22 bits per heavy atom. The van der Waals surface area contributed by atoms with E-state index in [-0.39, 0.29) is 40.0 Å². The van der Waals surface area contributed by atoms with Crippen LogP contribution in [0.25, 0.3) is 0 Å². The van der Waals surface area contributed by atoms with Crippen molar-refractivity contribution in [3.8, 4) is 0 Å². The Bertz CT molecular complexity index is 143. The molecular weight excluding hydrogens is 190 g/mol. The molecule has 0 saturated carbocycles. The third kappa shape index (κ3) is 4.87. The van der Waals surface area contributed by atoms with E-state index < -0.39 is 0 Å². The van der Waals surface area contributed by atoms with Crippen molar-refractivity contribution in [2.45, 2.75) is 6.92 Å². The molecule has 0 aromatic carbocycles. The Labute approximate surface area is 81.8 Å². The zero-order chi connectivity index (χ0) is 5.11. The van der Waals surface area contributed by atoms with E-state index in [1.807, 2.05) is 13.0 Å². The molecule has 9 heavy (non-hydrogen) atoms. The Hall–Kier alpha value is 0.396. The molecule has 3 heteroatoms. The van der Waals surface area contributed by atoms with Crippen LogP contribution in [0.5, 0.6) is 0 Å². The summed E-state index contributed by atoms with van der Waals surface area (Å²) in [6.45, 7) is 1.99.